The fraction of sp³-hybridized carbons (Fsp3) is 0.188. The zero-order valence-electron chi connectivity index (χ0n) is 11.1. The van der Waals surface area contributed by atoms with E-state index in [4.69, 9.17) is 11.6 Å². The van der Waals surface area contributed by atoms with Crippen LogP contribution in [0.5, 0.6) is 0 Å². The van der Waals surface area contributed by atoms with E-state index in [1.165, 1.54) is 12.1 Å². The topological polar surface area (TPSA) is 49.3 Å². The van der Waals surface area contributed by atoms with Gasteiger partial charge in [0.15, 0.2) is 5.54 Å². The minimum atomic E-state index is -1.23. The van der Waals surface area contributed by atoms with Crippen molar-refractivity contribution in [1.29, 1.82) is 0 Å². The highest BCUT2D eigenvalue weighted by Gasteiger charge is 2.45. The number of halogens is 2. The Morgan fingerprint density at radius 2 is 1.95 bits per heavy atom. The summed E-state index contributed by atoms with van der Waals surface area (Å²) in [7, 11) is 0. The standard InChI is InChI=1S/C16H13ClFNO2/c17-11-1-4-13(5-2-11)19-16(15(20)21)8-7-10-9-12(18)3-6-14(10)16/h1-6,9,19H,7-8H2,(H,20,21). The first-order valence-electron chi connectivity index (χ1n) is 6.57. The van der Waals surface area contributed by atoms with Crippen LogP contribution < -0.4 is 5.32 Å². The van der Waals surface area contributed by atoms with Gasteiger partial charge in [-0.3, -0.25) is 0 Å². The molecule has 3 rings (SSSR count). The molecular formula is C16H13ClFNO2. The number of benzene rings is 2. The molecule has 0 fully saturated rings. The summed E-state index contributed by atoms with van der Waals surface area (Å²) in [6.45, 7) is 0. The highest BCUT2D eigenvalue weighted by molar-refractivity contribution is 6.30. The number of anilines is 1. The summed E-state index contributed by atoms with van der Waals surface area (Å²) in [6.07, 6.45) is 0.906. The SMILES string of the molecule is O=C(O)C1(Nc2ccc(Cl)cc2)CCc2cc(F)ccc21. The van der Waals surface area contributed by atoms with E-state index < -0.39 is 11.5 Å². The zero-order chi connectivity index (χ0) is 15.0. The van der Waals surface area contributed by atoms with Crippen LogP contribution in [0.15, 0.2) is 42.5 Å². The molecule has 0 radical (unpaired) electrons. The number of hydrogen-bond donors (Lipinski definition) is 2. The van der Waals surface area contributed by atoms with Gasteiger partial charge in [0.2, 0.25) is 0 Å². The number of carboxylic acid groups (broad SMARTS) is 1. The number of nitrogens with one attached hydrogen (secondary N) is 1. The normalized spacial score (nSPS) is 20.1. The highest BCUT2D eigenvalue weighted by Crippen LogP contribution is 2.40. The number of carbonyl (C=O) groups is 1. The number of fused-ring (bicyclic) bond motifs is 1. The van der Waals surface area contributed by atoms with Crippen LogP contribution in [0.2, 0.25) is 5.02 Å². The first kappa shape index (κ1) is 13.9. The third-order valence-corrected chi connectivity index (χ3v) is 4.12. The minimum Gasteiger partial charge on any atom is -0.479 e. The Morgan fingerprint density at radius 3 is 2.62 bits per heavy atom. The molecule has 0 saturated carbocycles. The quantitative estimate of drug-likeness (QED) is 0.906. The number of rotatable bonds is 3. The predicted octanol–water partition coefficient (Wildman–Crippen LogP) is 3.82. The lowest BCUT2D eigenvalue weighted by Crippen LogP contribution is -2.41. The van der Waals surface area contributed by atoms with Gasteiger partial charge in [0.1, 0.15) is 5.82 Å². The lowest BCUT2D eigenvalue weighted by molar-refractivity contribution is -0.142. The molecule has 2 aromatic carbocycles. The fourth-order valence-electron chi connectivity index (χ4n) is 2.83. The van der Waals surface area contributed by atoms with E-state index in [1.807, 2.05) is 0 Å². The largest absolute Gasteiger partial charge is 0.479 e. The minimum absolute atomic E-state index is 0.346. The molecule has 0 saturated heterocycles. The highest BCUT2D eigenvalue weighted by atomic mass is 35.5. The molecular weight excluding hydrogens is 293 g/mol. The Labute approximate surface area is 126 Å². The van der Waals surface area contributed by atoms with E-state index in [1.54, 1.807) is 30.3 Å². The second-order valence-electron chi connectivity index (χ2n) is 5.14. The van der Waals surface area contributed by atoms with Gasteiger partial charge in [-0.15, -0.1) is 0 Å². The van der Waals surface area contributed by atoms with Crippen molar-refractivity contribution < 1.29 is 14.3 Å². The summed E-state index contributed by atoms with van der Waals surface area (Å²) in [6, 6.07) is 11.1. The molecule has 21 heavy (non-hydrogen) atoms. The molecule has 0 spiro atoms. The zero-order valence-corrected chi connectivity index (χ0v) is 11.8. The van der Waals surface area contributed by atoms with Crippen molar-refractivity contribution in [2.75, 3.05) is 5.32 Å². The van der Waals surface area contributed by atoms with Crippen LogP contribution in [0.1, 0.15) is 17.5 Å². The molecule has 1 aliphatic carbocycles. The van der Waals surface area contributed by atoms with Crippen LogP contribution in [-0.2, 0) is 16.8 Å². The summed E-state index contributed by atoms with van der Waals surface area (Å²) in [4.78, 5) is 11.9. The molecule has 3 nitrogen and oxygen atoms in total. The van der Waals surface area contributed by atoms with E-state index in [0.29, 0.717) is 29.1 Å². The van der Waals surface area contributed by atoms with E-state index in [9.17, 15) is 14.3 Å². The number of hydrogen-bond acceptors (Lipinski definition) is 2. The monoisotopic (exact) mass is 305 g/mol. The molecule has 0 heterocycles. The summed E-state index contributed by atoms with van der Waals surface area (Å²) in [5.41, 5.74) is 0.792. The third kappa shape index (κ3) is 2.36. The maximum atomic E-state index is 13.3. The van der Waals surface area contributed by atoms with Crippen LogP contribution >= 0.6 is 11.6 Å². The van der Waals surface area contributed by atoms with Gasteiger partial charge in [-0.05, 0) is 60.4 Å². The van der Waals surface area contributed by atoms with Crippen molar-refractivity contribution in [1.82, 2.24) is 0 Å². The maximum absolute atomic E-state index is 13.3. The average molecular weight is 306 g/mol. The molecule has 2 N–H and O–H groups in total. The van der Waals surface area contributed by atoms with Crippen molar-refractivity contribution in [3.63, 3.8) is 0 Å². The summed E-state index contributed by atoms with van der Waals surface area (Å²) >= 11 is 5.84. The predicted molar refractivity (Wildman–Crippen MR) is 79.1 cm³/mol. The first-order chi connectivity index (χ1) is 10.0. The smallest absolute Gasteiger partial charge is 0.334 e. The Morgan fingerprint density at radius 1 is 1.24 bits per heavy atom. The summed E-state index contributed by atoms with van der Waals surface area (Å²) < 4.78 is 13.3. The Balaban J connectivity index is 2.03. The van der Waals surface area contributed by atoms with Gasteiger partial charge in [-0.1, -0.05) is 17.7 Å². The molecule has 1 unspecified atom stereocenters. The van der Waals surface area contributed by atoms with Crippen LogP contribution in [0.25, 0.3) is 0 Å². The third-order valence-electron chi connectivity index (χ3n) is 3.86. The Kier molecular flexibility index (Phi) is 3.33. The van der Waals surface area contributed by atoms with Gasteiger partial charge in [-0.25, -0.2) is 9.18 Å². The summed E-state index contributed by atoms with van der Waals surface area (Å²) in [5.74, 6) is -1.32. The fourth-order valence-corrected chi connectivity index (χ4v) is 2.95. The van der Waals surface area contributed by atoms with Crippen LogP contribution in [0, 0.1) is 5.82 Å². The number of aryl methyl sites for hydroxylation is 1. The second kappa shape index (κ2) is 5.04. The van der Waals surface area contributed by atoms with Gasteiger partial charge >= 0.3 is 5.97 Å². The Bertz CT molecular complexity index is 702. The van der Waals surface area contributed by atoms with Crippen LogP contribution in [0.4, 0.5) is 10.1 Å². The molecule has 0 bridgehead atoms. The van der Waals surface area contributed by atoms with E-state index in [-0.39, 0.29) is 5.82 Å². The summed E-state index contributed by atoms with van der Waals surface area (Å²) in [5, 5.41) is 13.4. The van der Waals surface area contributed by atoms with Gasteiger partial charge in [0.05, 0.1) is 0 Å². The van der Waals surface area contributed by atoms with Crippen molar-refractivity contribution >= 4 is 23.3 Å². The van der Waals surface area contributed by atoms with E-state index >= 15 is 0 Å². The van der Waals surface area contributed by atoms with Gasteiger partial charge in [-0.2, -0.15) is 0 Å². The molecule has 1 aliphatic rings. The molecule has 0 aromatic heterocycles. The molecule has 108 valence electrons. The average Bonchev–Trinajstić information content (AvgIpc) is 2.81. The molecule has 0 aliphatic heterocycles. The first-order valence-corrected chi connectivity index (χ1v) is 6.95. The van der Waals surface area contributed by atoms with E-state index in [2.05, 4.69) is 5.32 Å². The van der Waals surface area contributed by atoms with Crippen LogP contribution in [-0.4, -0.2) is 11.1 Å². The van der Waals surface area contributed by atoms with Gasteiger partial charge in [0.25, 0.3) is 0 Å². The second-order valence-corrected chi connectivity index (χ2v) is 5.58. The van der Waals surface area contributed by atoms with E-state index in [0.717, 1.165) is 5.56 Å². The van der Waals surface area contributed by atoms with Crippen LogP contribution in [0.3, 0.4) is 0 Å². The number of carboxylic acids is 1. The van der Waals surface area contributed by atoms with Gasteiger partial charge in [0, 0.05) is 10.7 Å². The molecule has 2 aromatic rings. The van der Waals surface area contributed by atoms with Crippen molar-refractivity contribution in [2.45, 2.75) is 18.4 Å². The van der Waals surface area contributed by atoms with Gasteiger partial charge < -0.3 is 10.4 Å². The molecule has 1 atom stereocenters. The lowest BCUT2D eigenvalue weighted by atomic mass is 9.91. The lowest BCUT2D eigenvalue weighted by Gasteiger charge is -2.28. The molecule has 5 heteroatoms. The van der Waals surface area contributed by atoms with Crippen molar-refractivity contribution in [2.24, 2.45) is 0 Å². The molecule has 0 amide bonds. The maximum Gasteiger partial charge on any atom is 0.334 e. The Hall–Kier alpha value is -2.07. The van der Waals surface area contributed by atoms with Crippen molar-refractivity contribution in [3.05, 3.63) is 64.4 Å². The van der Waals surface area contributed by atoms with Crippen molar-refractivity contribution in [3.8, 4) is 0 Å². The number of aliphatic carboxylic acids is 1.